The van der Waals surface area contributed by atoms with E-state index in [9.17, 15) is 13.2 Å². The third-order valence-electron chi connectivity index (χ3n) is 3.33. The van der Waals surface area contributed by atoms with Gasteiger partial charge in [-0.1, -0.05) is 22.0 Å². The second-order valence-corrected chi connectivity index (χ2v) is 7.57. The van der Waals surface area contributed by atoms with Gasteiger partial charge < -0.3 is 4.74 Å². The normalized spacial score (nSPS) is 11.1. The maximum atomic E-state index is 12.5. The zero-order valence-corrected chi connectivity index (χ0v) is 15.3. The fourth-order valence-electron chi connectivity index (χ4n) is 2.02. The van der Waals surface area contributed by atoms with Gasteiger partial charge in [0.25, 0.3) is 10.0 Å². The number of carbonyl (C=O) groups is 1. The first-order valence-electron chi connectivity index (χ1n) is 6.72. The lowest BCUT2D eigenvalue weighted by atomic mass is 10.1. The van der Waals surface area contributed by atoms with Crippen LogP contribution in [0.1, 0.15) is 21.5 Å². The van der Waals surface area contributed by atoms with Crippen molar-refractivity contribution < 1.29 is 17.9 Å². The molecule has 0 saturated carbocycles. The summed E-state index contributed by atoms with van der Waals surface area (Å²) in [5.74, 6) is -0.570. The van der Waals surface area contributed by atoms with Crippen LogP contribution >= 0.6 is 15.9 Å². The summed E-state index contributed by atoms with van der Waals surface area (Å²) in [6.07, 6.45) is 0. The highest BCUT2D eigenvalue weighted by Crippen LogP contribution is 2.23. The van der Waals surface area contributed by atoms with E-state index in [1.165, 1.54) is 19.2 Å². The minimum absolute atomic E-state index is 0.00377. The van der Waals surface area contributed by atoms with Crippen LogP contribution in [0, 0.1) is 13.8 Å². The van der Waals surface area contributed by atoms with Crippen LogP contribution in [0.5, 0.6) is 0 Å². The Morgan fingerprint density at radius 3 is 2.39 bits per heavy atom. The molecule has 0 radical (unpaired) electrons. The van der Waals surface area contributed by atoms with Gasteiger partial charge in [-0.05, 0) is 55.3 Å². The van der Waals surface area contributed by atoms with Gasteiger partial charge in [-0.25, -0.2) is 13.2 Å². The highest BCUT2D eigenvalue weighted by molar-refractivity contribution is 9.10. The van der Waals surface area contributed by atoms with Gasteiger partial charge in [0.05, 0.1) is 17.6 Å². The molecule has 0 heterocycles. The number of nitrogens with one attached hydrogen (secondary N) is 1. The first-order valence-corrected chi connectivity index (χ1v) is 9.00. The third kappa shape index (κ3) is 3.92. The zero-order valence-electron chi connectivity index (χ0n) is 12.9. The van der Waals surface area contributed by atoms with Crippen molar-refractivity contribution in [2.24, 2.45) is 0 Å². The fourth-order valence-corrected chi connectivity index (χ4v) is 3.34. The van der Waals surface area contributed by atoms with Crippen molar-refractivity contribution in [2.45, 2.75) is 18.7 Å². The molecule has 7 heteroatoms. The van der Waals surface area contributed by atoms with E-state index in [-0.39, 0.29) is 10.5 Å². The number of sulfonamides is 1. The molecule has 0 aliphatic heterocycles. The number of halogens is 1. The first-order chi connectivity index (χ1) is 10.7. The SMILES string of the molecule is COC(=O)c1cc(S(=O)(=O)Nc2ccc(Br)c(C)c2)ccc1C. The van der Waals surface area contributed by atoms with E-state index in [2.05, 4.69) is 25.4 Å². The highest BCUT2D eigenvalue weighted by Gasteiger charge is 2.18. The second kappa shape index (κ2) is 6.72. The van der Waals surface area contributed by atoms with Gasteiger partial charge >= 0.3 is 5.97 Å². The molecular weight excluding hydrogens is 382 g/mol. The van der Waals surface area contributed by atoms with Crippen LogP contribution in [0.2, 0.25) is 0 Å². The van der Waals surface area contributed by atoms with Gasteiger partial charge in [0, 0.05) is 10.2 Å². The van der Waals surface area contributed by atoms with Crippen LogP contribution in [0.4, 0.5) is 5.69 Å². The van der Waals surface area contributed by atoms with Crippen LogP contribution in [0.15, 0.2) is 45.8 Å². The lowest BCUT2D eigenvalue weighted by Crippen LogP contribution is -2.14. The van der Waals surface area contributed by atoms with Gasteiger partial charge in [0.15, 0.2) is 0 Å². The van der Waals surface area contributed by atoms with E-state index in [0.29, 0.717) is 11.3 Å². The van der Waals surface area contributed by atoms with Crippen LogP contribution in [0.25, 0.3) is 0 Å². The molecule has 0 bridgehead atoms. The molecular formula is C16H16BrNO4S. The Kier molecular flexibility index (Phi) is 5.11. The van der Waals surface area contributed by atoms with Crippen molar-refractivity contribution in [2.75, 3.05) is 11.8 Å². The van der Waals surface area contributed by atoms with Gasteiger partial charge in [-0.2, -0.15) is 0 Å². The average molecular weight is 398 g/mol. The Bertz CT molecular complexity index is 862. The molecule has 5 nitrogen and oxygen atoms in total. The maximum absolute atomic E-state index is 12.5. The minimum atomic E-state index is -3.80. The van der Waals surface area contributed by atoms with Gasteiger partial charge in [-0.15, -0.1) is 0 Å². The van der Waals surface area contributed by atoms with Crippen molar-refractivity contribution in [3.05, 3.63) is 57.6 Å². The molecule has 2 aromatic carbocycles. The van der Waals surface area contributed by atoms with E-state index >= 15 is 0 Å². The summed E-state index contributed by atoms with van der Waals surface area (Å²) in [5.41, 5.74) is 2.23. The number of methoxy groups -OCH3 is 1. The van der Waals surface area contributed by atoms with Crippen molar-refractivity contribution >= 4 is 37.6 Å². The Labute approximate surface area is 143 Å². The van der Waals surface area contributed by atoms with E-state index in [0.717, 1.165) is 10.0 Å². The average Bonchev–Trinajstić information content (AvgIpc) is 2.50. The maximum Gasteiger partial charge on any atom is 0.338 e. The zero-order chi connectivity index (χ0) is 17.2. The molecule has 0 spiro atoms. The number of benzene rings is 2. The summed E-state index contributed by atoms with van der Waals surface area (Å²) < 4.78 is 33.1. The van der Waals surface area contributed by atoms with E-state index in [1.54, 1.807) is 31.2 Å². The molecule has 0 atom stereocenters. The predicted molar refractivity (Wildman–Crippen MR) is 92.2 cm³/mol. The lowest BCUT2D eigenvalue weighted by molar-refractivity contribution is 0.0599. The van der Waals surface area contributed by atoms with E-state index < -0.39 is 16.0 Å². The second-order valence-electron chi connectivity index (χ2n) is 5.04. The fraction of sp³-hybridized carbons (Fsp3) is 0.188. The van der Waals surface area contributed by atoms with Gasteiger partial charge in [0.1, 0.15) is 0 Å². The summed E-state index contributed by atoms with van der Waals surface area (Å²) in [5, 5.41) is 0. The monoisotopic (exact) mass is 397 g/mol. The number of esters is 1. The Morgan fingerprint density at radius 1 is 1.09 bits per heavy atom. The molecule has 0 aromatic heterocycles. The smallest absolute Gasteiger partial charge is 0.338 e. The summed E-state index contributed by atoms with van der Waals surface area (Å²) in [6, 6.07) is 9.49. The number of anilines is 1. The highest BCUT2D eigenvalue weighted by atomic mass is 79.9. The number of carbonyl (C=O) groups excluding carboxylic acids is 1. The molecule has 0 aliphatic rings. The number of rotatable bonds is 4. The molecule has 0 saturated heterocycles. The summed E-state index contributed by atoms with van der Waals surface area (Å²) >= 11 is 3.37. The van der Waals surface area contributed by atoms with Crippen molar-refractivity contribution in [3.63, 3.8) is 0 Å². The quantitative estimate of drug-likeness (QED) is 0.798. The molecule has 2 aromatic rings. The van der Waals surface area contributed by atoms with Crippen molar-refractivity contribution in [1.82, 2.24) is 0 Å². The van der Waals surface area contributed by atoms with Crippen molar-refractivity contribution in [1.29, 1.82) is 0 Å². The Balaban J connectivity index is 2.39. The number of hydrogen-bond acceptors (Lipinski definition) is 4. The molecule has 23 heavy (non-hydrogen) atoms. The van der Waals surface area contributed by atoms with Crippen LogP contribution in [-0.4, -0.2) is 21.5 Å². The third-order valence-corrected chi connectivity index (χ3v) is 5.60. The van der Waals surface area contributed by atoms with Gasteiger partial charge in [-0.3, -0.25) is 4.72 Å². The van der Waals surface area contributed by atoms with Crippen LogP contribution < -0.4 is 4.72 Å². The van der Waals surface area contributed by atoms with Crippen LogP contribution in [-0.2, 0) is 14.8 Å². The molecule has 2 rings (SSSR count). The van der Waals surface area contributed by atoms with Crippen LogP contribution in [0.3, 0.4) is 0 Å². The largest absolute Gasteiger partial charge is 0.465 e. The summed E-state index contributed by atoms with van der Waals surface area (Å²) in [4.78, 5) is 11.7. The Morgan fingerprint density at radius 2 is 1.78 bits per heavy atom. The number of aryl methyl sites for hydroxylation is 2. The topological polar surface area (TPSA) is 72.5 Å². The summed E-state index contributed by atoms with van der Waals surface area (Å²) in [7, 11) is -2.54. The molecule has 0 amide bonds. The standard InChI is InChI=1S/C16H16BrNO4S/c1-10-4-6-13(9-14(10)16(19)22-3)23(20,21)18-12-5-7-15(17)11(2)8-12/h4-9,18H,1-3H3. The molecule has 0 unspecified atom stereocenters. The Hall–Kier alpha value is -1.86. The van der Waals surface area contributed by atoms with E-state index in [1.807, 2.05) is 6.92 Å². The van der Waals surface area contributed by atoms with Crippen molar-refractivity contribution in [3.8, 4) is 0 Å². The molecule has 122 valence electrons. The van der Waals surface area contributed by atoms with Gasteiger partial charge in [0.2, 0.25) is 0 Å². The molecule has 0 aliphatic carbocycles. The minimum Gasteiger partial charge on any atom is -0.465 e. The molecule has 0 fully saturated rings. The number of hydrogen-bond donors (Lipinski definition) is 1. The number of ether oxygens (including phenoxy) is 1. The predicted octanol–water partition coefficient (Wildman–Crippen LogP) is 3.65. The summed E-state index contributed by atoms with van der Waals surface area (Å²) in [6.45, 7) is 3.58. The van der Waals surface area contributed by atoms with E-state index in [4.69, 9.17) is 0 Å². The lowest BCUT2D eigenvalue weighted by Gasteiger charge is -2.11. The molecule has 1 N–H and O–H groups in total. The first kappa shape index (κ1) is 17.5.